The van der Waals surface area contributed by atoms with E-state index in [2.05, 4.69) is 31.9 Å². The van der Waals surface area contributed by atoms with E-state index in [1.165, 1.54) is 11.3 Å². The molecule has 0 saturated heterocycles. The number of hydrogen-bond donors (Lipinski definition) is 3. The molecule has 0 spiro atoms. The van der Waals surface area contributed by atoms with Crippen LogP contribution in [0, 0.1) is 0 Å². The highest BCUT2D eigenvalue weighted by Crippen LogP contribution is 2.21. The third-order valence-electron chi connectivity index (χ3n) is 2.44. The Morgan fingerprint density at radius 1 is 1.35 bits per heavy atom. The van der Waals surface area contributed by atoms with Crippen LogP contribution in [0.1, 0.15) is 23.0 Å². The Kier molecular flexibility index (Phi) is 9.83. The quantitative estimate of drug-likeness (QED) is 0.628. The molecule has 0 fully saturated rings. The maximum absolute atomic E-state index is 11.8. The molecule has 0 saturated carbocycles. The molecule has 8 heteroatoms. The van der Waals surface area contributed by atoms with Crippen LogP contribution < -0.4 is 16.0 Å². The average Bonchev–Trinajstić information content (AvgIpc) is 2.81. The van der Waals surface area contributed by atoms with Gasteiger partial charge in [0.05, 0.1) is 8.66 Å². The van der Waals surface area contributed by atoms with Crippen molar-refractivity contribution in [1.29, 1.82) is 0 Å². The van der Waals surface area contributed by atoms with Gasteiger partial charge < -0.3 is 16.0 Å². The first kappa shape index (κ1) is 19.4. The summed E-state index contributed by atoms with van der Waals surface area (Å²) in [5.74, 6) is -0.395. The summed E-state index contributed by atoms with van der Waals surface area (Å²) in [4.78, 5) is 24.1. The van der Waals surface area contributed by atoms with Crippen molar-refractivity contribution in [3.05, 3.63) is 20.8 Å². The molecule has 114 valence electrons. The van der Waals surface area contributed by atoms with Crippen LogP contribution in [0.3, 0.4) is 0 Å². The highest BCUT2D eigenvalue weighted by molar-refractivity contribution is 9.11. The lowest BCUT2D eigenvalue weighted by atomic mass is 10.3. The van der Waals surface area contributed by atoms with Crippen molar-refractivity contribution in [3.8, 4) is 0 Å². The highest BCUT2D eigenvalue weighted by Gasteiger charge is 2.17. The van der Waals surface area contributed by atoms with Gasteiger partial charge in [-0.3, -0.25) is 9.59 Å². The number of rotatable bonds is 7. The Hall–Kier alpha value is -0.630. The molecule has 1 rings (SSSR count). The number of hydrogen-bond acceptors (Lipinski definition) is 4. The van der Waals surface area contributed by atoms with Gasteiger partial charge in [0.1, 0.15) is 6.04 Å². The second-order valence-electron chi connectivity index (χ2n) is 4.05. The number of carbonyl (C=O) groups is 2. The Balaban J connectivity index is 0.00000361. The van der Waals surface area contributed by atoms with Crippen LogP contribution in [0.15, 0.2) is 15.9 Å². The minimum Gasteiger partial charge on any atom is -0.354 e. The first-order chi connectivity index (χ1) is 9.04. The monoisotopic (exact) mass is 383 g/mol. The second kappa shape index (κ2) is 10.1. The molecule has 0 aliphatic rings. The van der Waals surface area contributed by atoms with Crippen LogP contribution in [-0.4, -0.2) is 38.0 Å². The van der Waals surface area contributed by atoms with Crippen LogP contribution >= 0.6 is 39.7 Å². The summed E-state index contributed by atoms with van der Waals surface area (Å²) in [7, 11) is 1.86. The molecule has 1 heterocycles. The van der Waals surface area contributed by atoms with Crippen molar-refractivity contribution in [2.75, 3.05) is 20.1 Å². The van der Waals surface area contributed by atoms with Gasteiger partial charge >= 0.3 is 0 Å². The van der Waals surface area contributed by atoms with Gasteiger partial charge in [-0.15, -0.1) is 23.7 Å². The van der Waals surface area contributed by atoms with Gasteiger partial charge in [-0.05, 0) is 55.0 Å². The zero-order valence-corrected chi connectivity index (χ0v) is 14.6. The maximum Gasteiger partial charge on any atom is 0.262 e. The SMILES string of the molecule is CNCCCNC(=O)C(C)NC(=O)c1ccc(Br)s1.Cl. The van der Waals surface area contributed by atoms with E-state index in [1.54, 1.807) is 13.0 Å². The smallest absolute Gasteiger partial charge is 0.262 e. The summed E-state index contributed by atoms with van der Waals surface area (Å²) in [5.41, 5.74) is 0. The second-order valence-corrected chi connectivity index (χ2v) is 6.51. The van der Waals surface area contributed by atoms with Gasteiger partial charge in [0.15, 0.2) is 0 Å². The number of carbonyl (C=O) groups excluding carboxylic acids is 2. The molecule has 3 N–H and O–H groups in total. The van der Waals surface area contributed by atoms with E-state index < -0.39 is 6.04 Å². The standard InChI is InChI=1S/C12H18BrN3O2S.ClH/c1-8(11(17)15-7-3-6-14-2)16-12(18)9-4-5-10(13)19-9;/h4-5,8,14H,3,6-7H2,1-2H3,(H,15,17)(H,16,18);1H. The molecule has 0 radical (unpaired) electrons. The van der Waals surface area contributed by atoms with Gasteiger partial charge in [0.25, 0.3) is 5.91 Å². The Labute approximate surface area is 137 Å². The van der Waals surface area contributed by atoms with Gasteiger partial charge in [0, 0.05) is 6.54 Å². The van der Waals surface area contributed by atoms with E-state index in [1.807, 2.05) is 13.1 Å². The van der Waals surface area contributed by atoms with E-state index in [0.29, 0.717) is 11.4 Å². The summed E-state index contributed by atoms with van der Waals surface area (Å²) in [6.45, 7) is 3.13. The number of nitrogens with one attached hydrogen (secondary N) is 3. The lowest BCUT2D eigenvalue weighted by Gasteiger charge is -2.13. The number of thiophene rings is 1. The maximum atomic E-state index is 11.8. The number of amides is 2. The van der Waals surface area contributed by atoms with Crippen LogP contribution in [0.5, 0.6) is 0 Å². The van der Waals surface area contributed by atoms with Crippen molar-refractivity contribution in [2.45, 2.75) is 19.4 Å². The summed E-state index contributed by atoms with van der Waals surface area (Å²) < 4.78 is 0.891. The molecular weight excluding hydrogens is 366 g/mol. The van der Waals surface area contributed by atoms with E-state index in [0.717, 1.165) is 16.8 Å². The minimum atomic E-state index is -0.539. The molecule has 5 nitrogen and oxygen atoms in total. The first-order valence-corrected chi connectivity index (χ1v) is 7.64. The summed E-state index contributed by atoms with van der Waals surface area (Å²) in [6, 6.07) is 2.99. The van der Waals surface area contributed by atoms with Crippen molar-refractivity contribution >= 4 is 51.5 Å². The fourth-order valence-electron chi connectivity index (χ4n) is 1.40. The molecule has 20 heavy (non-hydrogen) atoms. The lowest BCUT2D eigenvalue weighted by molar-refractivity contribution is -0.122. The zero-order valence-electron chi connectivity index (χ0n) is 11.4. The third kappa shape index (κ3) is 6.69. The van der Waals surface area contributed by atoms with E-state index >= 15 is 0 Å². The molecule has 1 unspecified atom stereocenters. The number of halogens is 2. The summed E-state index contributed by atoms with van der Waals surface area (Å²) >= 11 is 4.64. The molecule has 1 aromatic rings. The lowest BCUT2D eigenvalue weighted by Crippen LogP contribution is -2.45. The molecule has 0 aliphatic heterocycles. The Morgan fingerprint density at radius 2 is 2.05 bits per heavy atom. The minimum absolute atomic E-state index is 0. The fraction of sp³-hybridized carbons (Fsp3) is 0.500. The topological polar surface area (TPSA) is 70.2 Å². The van der Waals surface area contributed by atoms with E-state index in [9.17, 15) is 9.59 Å². The van der Waals surface area contributed by atoms with Gasteiger partial charge in [-0.25, -0.2) is 0 Å². The van der Waals surface area contributed by atoms with Crippen LogP contribution in [0.4, 0.5) is 0 Å². The van der Waals surface area contributed by atoms with Crippen molar-refractivity contribution in [1.82, 2.24) is 16.0 Å². The van der Waals surface area contributed by atoms with Crippen LogP contribution in [-0.2, 0) is 4.79 Å². The van der Waals surface area contributed by atoms with Crippen LogP contribution in [0.2, 0.25) is 0 Å². The third-order valence-corrected chi connectivity index (χ3v) is 4.06. The molecule has 1 atom stereocenters. The van der Waals surface area contributed by atoms with Crippen LogP contribution in [0.25, 0.3) is 0 Å². The summed E-state index contributed by atoms with van der Waals surface area (Å²) in [6.07, 6.45) is 0.862. The van der Waals surface area contributed by atoms with Gasteiger partial charge in [0.2, 0.25) is 5.91 Å². The Morgan fingerprint density at radius 3 is 2.60 bits per heavy atom. The van der Waals surface area contributed by atoms with Crippen molar-refractivity contribution in [2.24, 2.45) is 0 Å². The molecule has 1 aromatic heterocycles. The highest BCUT2D eigenvalue weighted by atomic mass is 79.9. The fourth-order valence-corrected chi connectivity index (χ4v) is 2.69. The zero-order chi connectivity index (χ0) is 14.3. The molecule has 0 bridgehead atoms. The molecule has 0 aliphatic carbocycles. The normalized spacial score (nSPS) is 11.3. The average molecular weight is 385 g/mol. The van der Waals surface area contributed by atoms with E-state index in [4.69, 9.17) is 0 Å². The Bertz CT molecular complexity index is 442. The molecule has 0 aromatic carbocycles. The first-order valence-electron chi connectivity index (χ1n) is 6.03. The van der Waals surface area contributed by atoms with E-state index in [-0.39, 0.29) is 24.2 Å². The predicted octanol–water partition coefficient (Wildman–Crippen LogP) is 1.78. The predicted molar refractivity (Wildman–Crippen MR) is 87.7 cm³/mol. The largest absolute Gasteiger partial charge is 0.354 e. The van der Waals surface area contributed by atoms with Gasteiger partial charge in [-0.2, -0.15) is 0 Å². The van der Waals surface area contributed by atoms with Crippen molar-refractivity contribution < 1.29 is 9.59 Å². The summed E-state index contributed by atoms with van der Waals surface area (Å²) in [5, 5.41) is 8.46. The van der Waals surface area contributed by atoms with Gasteiger partial charge in [-0.1, -0.05) is 0 Å². The van der Waals surface area contributed by atoms with Crippen molar-refractivity contribution in [3.63, 3.8) is 0 Å². The molecule has 2 amide bonds. The molecular formula is C12H19BrClN3O2S.